The van der Waals surface area contributed by atoms with Crippen LogP contribution in [0.4, 0.5) is 4.79 Å². The normalized spacial score (nSPS) is 21.1. The molecule has 0 aromatic carbocycles. The molecule has 5 nitrogen and oxygen atoms in total. The monoisotopic (exact) mass is 296 g/mol. The van der Waals surface area contributed by atoms with Crippen LogP contribution in [-0.2, 0) is 4.79 Å². The van der Waals surface area contributed by atoms with Crippen LogP contribution in [0.2, 0.25) is 0 Å². The number of urea groups is 1. The van der Waals surface area contributed by atoms with E-state index < -0.39 is 5.97 Å². The summed E-state index contributed by atoms with van der Waals surface area (Å²) in [6.45, 7) is 3.65. The minimum Gasteiger partial charge on any atom is -0.481 e. The first kappa shape index (κ1) is 16.1. The Kier molecular flexibility index (Phi) is 5.88. The zero-order chi connectivity index (χ0) is 15.2. The molecule has 0 spiro atoms. The van der Waals surface area contributed by atoms with Crippen LogP contribution >= 0.6 is 0 Å². The van der Waals surface area contributed by atoms with Gasteiger partial charge >= 0.3 is 12.0 Å². The molecule has 1 heterocycles. The van der Waals surface area contributed by atoms with Crippen molar-refractivity contribution in [3.05, 3.63) is 0 Å². The van der Waals surface area contributed by atoms with Gasteiger partial charge in [0.05, 0.1) is 0 Å². The third kappa shape index (κ3) is 5.56. The highest BCUT2D eigenvalue weighted by atomic mass is 16.4. The van der Waals surface area contributed by atoms with E-state index in [0.717, 1.165) is 51.1 Å². The Labute approximate surface area is 127 Å². The minimum absolute atomic E-state index is 0.0687. The lowest BCUT2D eigenvalue weighted by atomic mass is 9.92. The first-order valence-corrected chi connectivity index (χ1v) is 8.35. The topological polar surface area (TPSA) is 69.6 Å². The van der Waals surface area contributed by atoms with Crippen LogP contribution in [0.25, 0.3) is 0 Å². The van der Waals surface area contributed by atoms with Crippen molar-refractivity contribution in [2.24, 2.45) is 11.8 Å². The van der Waals surface area contributed by atoms with Crippen molar-refractivity contribution in [1.29, 1.82) is 0 Å². The molecule has 0 radical (unpaired) electrons. The summed E-state index contributed by atoms with van der Waals surface area (Å²) in [6, 6.07) is 0.383. The number of piperidine rings is 1. The summed E-state index contributed by atoms with van der Waals surface area (Å²) in [5.41, 5.74) is 0. The molecule has 5 heteroatoms. The number of nitrogens with one attached hydrogen (secondary N) is 1. The lowest BCUT2D eigenvalue weighted by Crippen LogP contribution is -2.47. The molecule has 120 valence electrons. The number of amides is 2. The fourth-order valence-corrected chi connectivity index (χ4v) is 3.10. The van der Waals surface area contributed by atoms with Gasteiger partial charge in [0.1, 0.15) is 0 Å². The summed E-state index contributed by atoms with van der Waals surface area (Å²) in [5, 5.41) is 11.9. The van der Waals surface area contributed by atoms with Crippen LogP contribution in [0.15, 0.2) is 0 Å². The third-order valence-electron chi connectivity index (χ3n) is 4.80. The number of carbonyl (C=O) groups is 2. The lowest BCUT2D eigenvalue weighted by Gasteiger charge is -2.33. The van der Waals surface area contributed by atoms with E-state index in [1.54, 1.807) is 0 Å². The van der Waals surface area contributed by atoms with E-state index in [1.165, 1.54) is 12.8 Å². The van der Waals surface area contributed by atoms with E-state index in [0.29, 0.717) is 12.0 Å². The van der Waals surface area contributed by atoms with Crippen molar-refractivity contribution in [2.45, 2.75) is 64.3 Å². The predicted octanol–water partition coefficient (Wildman–Crippen LogP) is 2.85. The second-order valence-corrected chi connectivity index (χ2v) is 6.60. The van der Waals surface area contributed by atoms with Crippen molar-refractivity contribution in [3.63, 3.8) is 0 Å². The Morgan fingerprint density at radius 2 is 1.86 bits per heavy atom. The summed E-state index contributed by atoms with van der Waals surface area (Å²) in [5.74, 6) is 0.566. The van der Waals surface area contributed by atoms with E-state index in [2.05, 4.69) is 12.2 Å². The molecule has 2 aliphatic rings. The maximum atomic E-state index is 12.3. The molecular formula is C16H28N2O3. The van der Waals surface area contributed by atoms with Crippen LogP contribution in [0.5, 0.6) is 0 Å². The van der Waals surface area contributed by atoms with E-state index >= 15 is 0 Å². The van der Waals surface area contributed by atoms with Crippen LogP contribution < -0.4 is 5.32 Å². The van der Waals surface area contributed by atoms with E-state index in [1.807, 2.05) is 4.90 Å². The molecule has 21 heavy (non-hydrogen) atoms. The highest BCUT2D eigenvalue weighted by Gasteiger charge is 2.28. The number of likely N-dealkylation sites (tertiary alicyclic amines) is 1. The molecule has 0 aromatic heterocycles. The van der Waals surface area contributed by atoms with Crippen LogP contribution in [0.1, 0.15) is 58.3 Å². The largest absolute Gasteiger partial charge is 0.481 e. The zero-order valence-electron chi connectivity index (χ0n) is 13.0. The molecular weight excluding hydrogens is 268 g/mol. The Balaban J connectivity index is 1.68. The SMILES string of the molecule is CCC(CC1CC1)NC(=O)N1CCC(CCC(=O)O)CC1. The maximum absolute atomic E-state index is 12.3. The first-order valence-electron chi connectivity index (χ1n) is 8.35. The molecule has 0 aromatic rings. The number of carbonyl (C=O) groups excluding carboxylic acids is 1. The van der Waals surface area contributed by atoms with Crippen molar-refractivity contribution in [1.82, 2.24) is 10.2 Å². The van der Waals surface area contributed by atoms with E-state index in [9.17, 15) is 9.59 Å². The van der Waals surface area contributed by atoms with E-state index in [4.69, 9.17) is 5.11 Å². The van der Waals surface area contributed by atoms with Gasteiger partial charge in [0.2, 0.25) is 0 Å². The molecule has 1 aliphatic heterocycles. The van der Waals surface area contributed by atoms with E-state index in [-0.39, 0.29) is 12.5 Å². The molecule has 2 N–H and O–H groups in total. The molecule has 1 aliphatic carbocycles. The number of aliphatic carboxylic acids is 1. The van der Waals surface area contributed by atoms with Gasteiger partial charge in [-0.05, 0) is 43.9 Å². The highest BCUT2D eigenvalue weighted by Crippen LogP contribution is 2.34. The number of carboxylic acid groups (broad SMARTS) is 1. The summed E-state index contributed by atoms with van der Waals surface area (Å²) in [6.07, 6.45) is 7.61. The first-order chi connectivity index (χ1) is 10.1. The second kappa shape index (κ2) is 7.66. The fraction of sp³-hybridized carbons (Fsp3) is 0.875. The molecule has 2 rings (SSSR count). The average molecular weight is 296 g/mol. The lowest BCUT2D eigenvalue weighted by molar-refractivity contribution is -0.137. The zero-order valence-corrected chi connectivity index (χ0v) is 13.0. The van der Waals surface area contributed by atoms with Gasteiger partial charge in [-0.25, -0.2) is 4.79 Å². The summed E-state index contributed by atoms with van der Waals surface area (Å²) < 4.78 is 0. The molecule has 2 fully saturated rings. The number of hydrogen-bond donors (Lipinski definition) is 2. The Bertz CT molecular complexity index is 361. The summed E-state index contributed by atoms with van der Waals surface area (Å²) in [7, 11) is 0. The van der Waals surface area contributed by atoms with Gasteiger partial charge in [-0.15, -0.1) is 0 Å². The van der Waals surface area contributed by atoms with Gasteiger partial charge in [0, 0.05) is 25.6 Å². The van der Waals surface area contributed by atoms with Crippen molar-refractivity contribution in [2.75, 3.05) is 13.1 Å². The Hall–Kier alpha value is -1.26. The van der Waals surface area contributed by atoms with Crippen LogP contribution in [-0.4, -0.2) is 41.1 Å². The number of rotatable bonds is 7. The molecule has 1 saturated carbocycles. The van der Waals surface area contributed by atoms with Gasteiger partial charge in [-0.3, -0.25) is 4.79 Å². The fourth-order valence-electron chi connectivity index (χ4n) is 3.10. The molecule has 2 amide bonds. The standard InChI is InChI=1S/C16H28N2O3/c1-2-14(11-13-3-4-13)17-16(21)18-9-7-12(8-10-18)5-6-15(19)20/h12-14H,2-11H2,1H3,(H,17,21)(H,19,20). The molecule has 1 atom stereocenters. The highest BCUT2D eigenvalue weighted by molar-refractivity contribution is 5.74. The smallest absolute Gasteiger partial charge is 0.317 e. The molecule has 1 unspecified atom stereocenters. The summed E-state index contributed by atoms with van der Waals surface area (Å²) >= 11 is 0. The Morgan fingerprint density at radius 1 is 1.19 bits per heavy atom. The van der Waals surface area contributed by atoms with Crippen molar-refractivity contribution < 1.29 is 14.7 Å². The molecule has 0 bridgehead atoms. The number of hydrogen-bond acceptors (Lipinski definition) is 2. The van der Waals surface area contributed by atoms with Crippen molar-refractivity contribution >= 4 is 12.0 Å². The average Bonchev–Trinajstić information content (AvgIpc) is 3.28. The van der Waals surface area contributed by atoms with Gasteiger partial charge in [0.15, 0.2) is 0 Å². The quantitative estimate of drug-likeness (QED) is 0.759. The minimum atomic E-state index is -0.721. The molecule has 1 saturated heterocycles. The number of carboxylic acids is 1. The van der Waals surface area contributed by atoms with Crippen molar-refractivity contribution in [3.8, 4) is 0 Å². The maximum Gasteiger partial charge on any atom is 0.317 e. The van der Waals surface area contributed by atoms with Gasteiger partial charge in [0.25, 0.3) is 0 Å². The summed E-state index contributed by atoms with van der Waals surface area (Å²) in [4.78, 5) is 24.7. The van der Waals surface area contributed by atoms with Gasteiger partial charge in [-0.2, -0.15) is 0 Å². The van der Waals surface area contributed by atoms with Gasteiger partial charge < -0.3 is 15.3 Å². The third-order valence-corrected chi connectivity index (χ3v) is 4.80. The van der Waals surface area contributed by atoms with Gasteiger partial charge in [-0.1, -0.05) is 19.8 Å². The Morgan fingerprint density at radius 3 is 2.38 bits per heavy atom. The second-order valence-electron chi connectivity index (χ2n) is 6.60. The number of nitrogens with zero attached hydrogens (tertiary/aromatic N) is 1. The predicted molar refractivity (Wildman–Crippen MR) is 81.1 cm³/mol. The van der Waals surface area contributed by atoms with Crippen LogP contribution in [0, 0.1) is 11.8 Å². The van der Waals surface area contributed by atoms with Crippen LogP contribution in [0.3, 0.4) is 0 Å².